The second-order valence-electron chi connectivity index (χ2n) is 5.52. The van der Waals surface area contributed by atoms with Crippen LogP contribution in [0.1, 0.15) is 22.0 Å². The predicted octanol–water partition coefficient (Wildman–Crippen LogP) is 2.12. The van der Waals surface area contributed by atoms with Crippen LogP contribution in [0.2, 0.25) is 0 Å². The third kappa shape index (κ3) is 4.30. The van der Waals surface area contributed by atoms with Crippen LogP contribution in [0, 0.1) is 10.1 Å². The highest BCUT2D eigenvalue weighted by Crippen LogP contribution is 2.17. The molecule has 0 aliphatic heterocycles. The Hall–Kier alpha value is -2.93. The number of hydrogen-bond donors (Lipinski definition) is 2. The number of nitro benzene ring substituents is 1. The number of aliphatic hydroxyl groups excluding tert-OH is 1. The summed E-state index contributed by atoms with van der Waals surface area (Å²) in [6.45, 7) is 0.0199. The molecule has 0 unspecified atom stereocenters. The standard InChI is InChI=1S/C17H19N3O4/c1-19(2)14-7-5-13(6-8-14)17(22)18-11-16(21)12-3-9-15(10-4-12)20(23)24/h3-10,16,21H,11H2,1-2H3,(H,18,22)/t16-/m0/s1. The fourth-order valence-corrected chi connectivity index (χ4v) is 2.14. The lowest BCUT2D eigenvalue weighted by Crippen LogP contribution is -2.28. The average molecular weight is 329 g/mol. The van der Waals surface area contributed by atoms with Gasteiger partial charge in [-0.25, -0.2) is 0 Å². The highest BCUT2D eigenvalue weighted by Gasteiger charge is 2.13. The molecule has 2 aromatic carbocycles. The topological polar surface area (TPSA) is 95.7 Å². The average Bonchev–Trinajstić information content (AvgIpc) is 2.59. The Balaban J connectivity index is 1.94. The zero-order valence-corrected chi connectivity index (χ0v) is 13.5. The second-order valence-corrected chi connectivity index (χ2v) is 5.52. The summed E-state index contributed by atoms with van der Waals surface area (Å²) in [6.07, 6.45) is -0.934. The summed E-state index contributed by atoms with van der Waals surface area (Å²) < 4.78 is 0. The Labute approximate surface area is 139 Å². The van der Waals surface area contributed by atoms with Gasteiger partial charge >= 0.3 is 0 Å². The van der Waals surface area contributed by atoms with Gasteiger partial charge < -0.3 is 15.3 Å². The summed E-state index contributed by atoms with van der Waals surface area (Å²) in [6, 6.07) is 12.7. The molecule has 7 nitrogen and oxygen atoms in total. The van der Waals surface area contributed by atoms with Gasteiger partial charge in [-0.05, 0) is 42.0 Å². The van der Waals surface area contributed by atoms with Crippen molar-refractivity contribution in [2.45, 2.75) is 6.10 Å². The summed E-state index contributed by atoms with van der Waals surface area (Å²) in [5.41, 5.74) is 1.94. The molecular formula is C17H19N3O4. The van der Waals surface area contributed by atoms with Crippen molar-refractivity contribution in [3.8, 4) is 0 Å². The summed E-state index contributed by atoms with van der Waals surface area (Å²) in [5.74, 6) is -0.290. The first-order chi connectivity index (χ1) is 11.4. The molecule has 1 atom stereocenters. The fraction of sp³-hybridized carbons (Fsp3) is 0.235. The summed E-state index contributed by atoms with van der Waals surface area (Å²) in [4.78, 5) is 24.1. The molecule has 126 valence electrons. The molecule has 0 aromatic heterocycles. The molecule has 2 N–H and O–H groups in total. The summed E-state index contributed by atoms with van der Waals surface area (Å²) in [5, 5.41) is 23.3. The van der Waals surface area contributed by atoms with Crippen molar-refractivity contribution in [3.05, 3.63) is 69.8 Å². The third-order valence-electron chi connectivity index (χ3n) is 3.59. The van der Waals surface area contributed by atoms with Gasteiger partial charge in [0.15, 0.2) is 0 Å². The quantitative estimate of drug-likeness (QED) is 0.625. The van der Waals surface area contributed by atoms with E-state index in [1.807, 2.05) is 31.1 Å². The van der Waals surface area contributed by atoms with E-state index in [9.17, 15) is 20.0 Å². The molecule has 24 heavy (non-hydrogen) atoms. The Kier molecular flexibility index (Phi) is 5.49. The van der Waals surface area contributed by atoms with E-state index in [4.69, 9.17) is 0 Å². The minimum Gasteiger partial charge on any atom is -0.387 e. The minimum atomic E-state index is -0.934. The Morgan fingerprint density at radius 1 is 1.17 bits per heavy atom. The molecule has 0 bridgehead atoms. The predicted molar refractivity (Wildman–Crippen MR) is 91.2 cm³/mol. The molecule has 0 aliphatic carbocycles. The van der Waals surface area contributed by atoms with Gasteiger partial charge in [-0.1, -0.05) is 0 Å². The number of carbonyl (C=O) groups excluding carboxylic acids is 1. The van der Waals surface area contributed by atoms with Crippen LogP contribution < -0.4 is 10.2 Å². The fourth-order valence-electron chi connectivity index (χ4n) is 2.14. The molecule has 0 fully saturated rings. The Bertz CT molecular complexity index is 712. The number of aliphatic hydroxyl groups is 1. The Morgan fingerprint density at radius 3 is 2.25 bits per heavy atom. The highest BCUT2D eigenvalue weighted by atomic mass is 16.6. The van der Waals surface area contributed by atoms with E-state index < -0.39 is 11.0 Å². The maximum Gasteiger partial charge on any atom is 0.269 e. The van der Waals surface area contributed by atoms with Crippen molar-refractivity contribution in [3.63, 3.8) is 0 Å². The van der Waals surface area contributed by atoms with Gasteiger partial charge in [0.2, 0.25) is 0 Å². The lowest BCUT2D eigenvalue weighted by molar-refractivity contribution is -0.384. The molecule has 0 radical (unpaired) electrons. The first kappa shape index (κ1) is 17.4. The third-order valence-corrected chi connectivity index (χ3v) is 3.59. The van der Waals surface area contributed by atoms with Gasteiger partial charge in [0.05, 0.1) is 11.0 Å². The number of anilines is 1. The molecule has 1 amide bonds. The van der Waals surface area contributed by atoms with Gasteiger partial charge in [-0.15, -0.1) is 0 Å². The van der Waals surface area contributed by atoms with E-state index in [0.29, 0.717) is 11.1 Å². The molecule has 0 spiro atoms. The maximum atomic E-state index is 12.1. The van der Waals surface area contributed by atoms with Gasteiger partial charge in [0.25, 0.3) is 11.6 Å². The van der Waals surface area contributed by atoms with Crippen molar-refractivity contribution < 1.29 is 14.8 Å². The number of nitrogens with one attached hydrogen (secondary N) is 1. The van der Waals surface area contributed by atoms with Gasteiger partial charge in [-0.2, -0.15) is 0 Å². The number of carbonyl (C=O) groups is 1. The highest BCUT2D eigenvalue weighted by molar-refractivity contribution is 5.94. The first-order valence-corrected chi connectivity index (χ1v) is 7.36. The molecule has 2 rings (SSSR count). The first-order valence-electron chi connectivity index (χ1n) is 7.36. The number of amides is 1. The van der Waals surface area contributed by atoms with E-state index >= 15 is 0 Å². The van der Waals surface area contributed by atoms with Crippen LogP contribution >= 0.6 is 0 Å². The lowest BCUT2D eigenvalue weighted by Gasteiger charge is -2.14. The summed E-state index contributed by atoms with van der Waals surface area (Å²) >= 11 is 0. The van der Waals surface area contributed by atoms with E-state index in [1.54, 1.807) is 12.1 Å². The van der Waals surface area contributed by atoms with E-state index in [-0.39, 0.29) is 18.1 Å². The number of hydrogen-bond acceptors (Lipinski definition) is 5. The van der Waals surface area contributed by atoms with Crippen LogP contribution in [0.3, 0.4) is 0 Å². The molecule has 7 heteroatoms. The number of benzene rings is 2. The SMILES string of the molecule is CN(C)c1ccc(C(=O)NC[C@H](O)c2ccc([N+](=O)[O-])cc2)cc1. The maximum absolute atomic E-state index is 12.1. The zero-order valence-electron chi connectivity index (χ0n) is 13.5. The number of nitrogens with zero attached hydrogens (tertiary/aromatic N) is 2. The number of rotatable bonds is 6. The summed E-state index contributed by atoms with van der Waals surface area (Å²) in [7, 11) is 3.82. The van der Waals surface area contributed by atoms with Crippen molar-refractivity contribution in [2.24, 2.45) is 0 Å². The van der Waals surface area contributed by atoms with E-state index in [2.05, 4.69) is 5.32 Å². The lowest BCUT2D eigenvalue weighted by atomic mass is 10.1. The number of non-ortho nitro benzene ring substituents is 1. The smallest absolute Gasteiger partial charge is 0.269 e. The number of nitro groups is 1. The molecule has 2 aromatic rings. The molecule has 0 heterocycles. The van der Waals surface area contributed by atoms with Crippen molar-refractivity contribution in [1.29, 1.82) is 0 Å². The van der Waals surface area contributed by atoms with Crippen LogP contribution in [0.4, 0.5) is 11.4 Å². The molecule has 0 saturated heterocycles. The largest absolute Gasteiger partial charge is 0.387 e. The molecule has 0 saturated carbocycles. The van der Waals surface area contributed by atoms with Crippen LogP contribution in [-0.4, -0.2) is 36.6 Å². The van der Waals surface area contributed by atoms with Crippen LogP contribution in [-0.2, 0) is 0 Å². The van der Waals surface area contributed by atoms with Gasteiger partial charge in [0, 0.05) is 44.0 Å². The monoisotopic (exact) mass is 329 g/mol. The van der Waals surface area contributed by atoms with E-state index in [0.717, 1.165) is 5.69 Å². The van der Waals surface area contributed by atoms with Crippen molar-refractivity contribution in [1.82, 2.24) is 5.32 Å². The van der Waals surface area contributed by atoms with Crippen LogP contribution in [0.5, 0.6) is 0 Å². The Morgan fingerprint density at radius 2 is 1.75 bits per heavy atom. The van der Waals surface area contributed by atoms with Gasteiger partial charge in [0.1, 0.15) is 0 Å². The molecule has 0 aliphatic rings. The van der Waals surface area contributed by atoms with Gasteiger partial charge in [-0.3, -0.25) is 14.9 Å². The minimum absolute atomic E-state index is 0.0199. The van der Waals surface area contributed by atoms with Crippen LogP contribution in [0.25, 0.3) is 0 Å². The van der Waals surface area contributed by atoms with Crippen molar-refractivity contribution >= 4 is 17.3 Å². The van der Waals surface area contributed by atoms with Crippen molar-refractivity contribution in [2.75, 3.05) is 25.5 Å². The van der Waals surface area contributed by atoms with Crippen LogP contribution in [0.15, 0.2) is 48.5 Å². The normalized spacial score (nSPS) is 11.6. The zero-order chi connectivity index (χ0) is 17.7. The second kappa shape index (κ2) is 7.56. The van der Waals surface area contributed by atoms with E-state index in [1.165, 1.54) is 24.3 Å². The molecular weight excluding hydrogens is 310 g/mol.